The Labute approximate surface area is 185 Å². The van der Waals surface area contributed by atoms with Crippen molar-refractivity contribution in [2.75, 3.05) is 12.4 Å². The van der Waals surface area contributed by atoms with Crippen LogP contribution in [0.25, 0.3) is 10.8 Å². The van der Waals surface area contributed by atoms with Gasteiger partial charge in [-0.2, -0.15) is 11.8 Å². The molecular formula is C24H34O4SSi. The monoisotopic (exact) mass is 446 g/mol. The normalized spacial score (nSPS) is 21.2. The SMILES string of the molecule is CC(C)(C)[Si](C)(C)OC1CC(=O)CC1SCC(O)COc1ccc2ccccc2c1. The summed E-state index contributed by atoms with van der Waals surface area (Å²) < 4.78 is 12.3. The first-order valence-electron chi connectivity index (χ1n) is 10.7. The first-order valence-corrected chi connectivity index (χ1v) is 14.6. The van der Waals surface area contributed by atoms with Gasteiger partial charge in [0.2, 0.25) is 0 Å². The van der Waals surface area contributed by atoms with Crippen molar-refractivity contribution < 1.29 is 19.1 Å². The third-order valence-corrected chi connectivity index (χ3v) is 12.2. The highest BCUT2D eigenvalue weighted by Gasteiger charge is 2.43. The zero-order valence-corrected chi connectivity index (χ0v) is 20.5. The molecule has 3 atom stereocenters. The average molecular weight is 447 g/mol. The molecule has 1 fully saturated rings. The molecule has 0 saturated heterocycles. The van der Waals surface area contributed by atoms with Crippen molar-refractivity contribution in [3.8, 4) is 5.75 Å². The van der Waals surface area contributed by atoms with Crippen LogP contribution in [0.1, 0.15) is 33.6 Å². The van der Waals surface area contributed by atoms with E-state index < -0.39 is 14.4 Å². The standard InChI is InChI=1S/C24H34O4SSi/c1-24(2,3)30(4,5)28-22-13-19(25)14-23(22)29-16-20(26)15-27-21-11-10-17-8-6-7-9-18(17)12-21/h6-12,20,22-23,26H,13-16H2,1-5H3. The number of thioether (sulfide) groups is 1. The lowest BCUT2D eigenvalue weighted by Gasteiger charge is -2.39. The highest BCUT2D eigenvalue weighted by Crippen LogP contribution is 2.41. The number of carbonyl (C=O) groups is 1. The molecule has 30 heavy (non-hydrogen) atoms. The van der Waals surface area contributed by atoms with E-state index >= 15 is 0 Å². The van der Waals surface area contributed by atoms with E-state index in [0.29, 0.717) is 18.6 Å². The van der Waals surface area contributed by atoms with Crippen molar-refractivity contribution in [2.45, 2.75) is 69.2 Å². The summed E-state index contributed by atoms with van der Waals surface area (Å²) >= 11 is 1.64. The number of ketones is 1. The number of hydrogen-bond acceptors (Lipinski definition) is 5. The van der Waals surface area contributed by atoms with Crippen LogP contribution in [0.15, 0.2) is 42.5 Å². The van der Waals surface area contributed by atoms with E-state index in [1.54, 1.807) is 11.8 Å². The van der Waals surface area contributed by atoms with Gasteiger partial charge in [0.1, 0.15) is 18.1 Å². The molecule has 0 aromatic heterocycles. The number of aliphatic hydroxyl groups is 1. The zero-order chi connectivity index (χ0) is 21.9. The molecular weight excluding hydrogens is 412 g/mol. The summed E-state index contributed by atoms with van der Waals surface area (Å²) in [5.41, 5.74) is 0. The number of ether oxygens (including phenoxy) is 1. The van der Waals surface area contributed by atoms with Crippen LogP contribution in [0, 0.1) is 0 Å². The Morgan fingerprint density at radius 1 is 1.13 bits per heavy atom. The predicted molar refractivity (Wildman–Crippen MR) is 128 cm³/mol. The Hall–Kier alpha value is -1.34. The van der Waals surface area contributed by atoms with Crippen LogP contribution in [-0.2, 0) is 9.22 Å². The fourth-order valence-corrected chi connectivity index (χ4v) is 6.06. The Bertz CT molecular complexity index is 877. The van der Waals surface area contributed by atoms with Gasteiger partial charge in [-0.05, 0) is 41.0 Å². The maximum Gasteiger partial charge on any atom is 0.192 e. The molecule has 4 nitrogen and oxygen atoms in total. The highest BCUT2D eigenvalue weighted by molar-refractivity contribution is 8.00. The molecule has 1 aliphatic rings. The Morgan fingerprint density at radius 2 is 1.83 bits per heavy atom. The molecule has 0 amide bonds. The van der Waals surface area contributed by atoms with E-state index in [4.69, 9.17) is 9.16 Å². The lowest BCUT2D eigenvalue weighted by molar-refractivity contribution is -0.117. The highest BCUT2D eigenvalue weighted by atomic mass is 32.2. The van der Waals surface area contributed by atoms with Crippen LogP contribution in [0.2, 0.25) is 18.1 Å². The molecule has 2 aromatic carbocycles. The maximum atomic E-state index is 12.1. The maximum absolute atomic E-state index is 12.1. The molecule has 6 heteroatoms. The van der Waals surface area contributed by atoms with E-state index in [0.717, 1.165) is 11.1 Å². The first kappa shape index (κ1) is 23.3. The summed E-state index contributed by atoms with van der Waals surface area (Å²) in [6.45, 7) is 11.3. The van der Waals surface area contributed by atoms with Gasteiger partial charge in [0.05, 0.1) is 12.2 Å². The Balaban J connectivity index is 1.51. The molecule has 0 spiro atoms. The molecule has 1 aliphatic carbocycles. The summed E-state index contributed by atoms with van der Waals surface area (Å²) in [7, 11) is -1.93. The summed E-state index contributed by atoms with van der Waals surface area (Å²) in [5, 5.41) is 12.9. The number of hydrogen-bond donors (Lipinski definition) is 1. The average Bonchev–Trinajstić information content (AvgIpc) is 3.02. The van der Waals surface area contributed by atoms with Gasteiger partial charge in [0.15, 0.2) is 8.32 Å². The van der Waals surface area contributed by atoms with Crippen LogP contribution in [0.5, 0.6) is 5.75 Å². The van der Waals surface area contributed by atoms with Gasteiger partial charge in [-0.25, -0.2) is 0 Å². The van der Waals surface area contributed by atoms with Crippen LogP contribution >= 0.6 is 11.8 Å². The van der Waals surface area contributed by atoms with Gasteiger partial charge in [-0.15, -0.1) is 0 Å². The molecule has 1 N–H and O–H groups in total. The van der Waals surface area contributed by atoms with Gasteiger partial charge < -0.3 is 14.3 Å². The fourth-order valence-electron chi connectivity index (χ4n) is 3.37. The number of aliphatic hydroxyl groups excluding tert-OH is 1. The summed E-state index contributed by atoms with van der Waals surface area (Å²) in [4.78, 5) is 12.1. The van der Waals surface area contributed by atoms with Gasteiger partial charge in [0, 0.05) is 23.8 Å². The van der Waals surface area contributed by atoms with Crippen molar-refractivity contribution in [1.29, 1.82) is 0 Å². The summed E-state index contributed by atoms with van der Waals surface area (Å²) in [6, 6.07) is 14.1. The molecule has 1 saturated carbocycles. The topological polar surface area (TPSA) is 55.8 Å². The van der Waals surface area contributed by atoms with Crippen LogP contribution in [0.3, 0.4) is 0 Å². The van der Waals surface area contributed by atoms with Gasteiger partial charge in [-0.1, -0.05) is 51.1 Å². The molecule has 0 bridgehead atoms. The van der Waals surface area contributed by atoms with Gasteiger partial charge in [0.25, 0.3) is 0 Å². The Kier molecular flexibility index (Phi) is 7.33. The molecule has 3 rings (SSSR count). The molecule has 164 valence electrons. The number of benzene rings is 2. The van der Waals surface area contributed by atoms with Crippen molar-refractivity contribution in [3.63, 3.8) is 0 Å². The molecule has 2 aromatic rings. The zero-order valence-electron chi connectivity index (χ0n) is 18.7. The summed E-state index contributed by atoms with van der Waals surface area (Å²) in [6.07, 6.45) is 0.387. The Morgan fingerprint density at radius 3 is 2.53 bits per heavy atom. The smallest absolute Gasteiger partial charge is 0.192 e. The largest absolute Gasteiger partial charge is 0.491 e. The number of fused-ring (bicyclic) bond motifs is 1. The third kappa shape index (κ3) is 5.87. The minimum atomic E-state index is -1.93. The second-order valence-corrected chi connectivity index (χ2v) is 15.7. The number of carbonyl (C=O) groups excluding carboxylic acids is 1. The first-order chi connectivity index (χ1) is 14.0. The minimum absolute atomic E-state index is 0.0444. The van der Waals surface area contributed by atoms with E-state index in [1.165, 1.54) is 5.39 Å². The molecule has 3 unspecified atom stereocenters. The molecule has 0 aliphatic heterocycles. The van der Waals surface area contributed by atoms with Crippen molar-refractivity contribution in [2.24, 2.45) is 0 Å². The van der Waals surface area contributed by atoms with Crippen molar-refractivity contribution in [3.05, 3.63) is 42.5 Å². The van der Waals surface area contributed by atoms with Crippen molar-refractivity contribution in [1.82, 2.24) is 0 Å². The molecule has 0 radical (unpaired) electrons. The van der Waals surface area contributed by atoms with Gasteiger partial charge >= 0.3 is 0 Å². The van der Waals surface area contributed by atoms with E-state index in [-0.39, 0.29) is 28.8 Å². The second-order valence-electron chi connectivity index (χ2n) is 9.71. The van der Waals surface area contributed by atoms with Crippen LogP contribution in [0.4, 0.5) is 0 Å². The number of Topliss-reactive ketones (excluding diaryl/α,β-unsaturated/α-hetero) is 1. The lowest BCUT2D eigenvalue weighted by atomic mass is 10.1. The quantitative estimate of drug-likeness (QED) is 0.548. The van der Waals surface area contributed by atoms with Crippen molar-refractivity contribution >= 4 is 36.6 Å². The summed E-state index contributed by atoms with van der Waals surface area (Å²) in [5.74, 6) is 1.55. The molecule has 0 heterocycles. The van der Waals surface area contributed by atoms with E-state index in [1.807, 2.05) is 36.4 Å². The predicted octanol–water partition coefficient (Wildman–Crippen LogP) is 5.43. The van der Waals surface area contributed by atoms with Crippen LogP contribution < -0.4 is 4.74 Å². The van der Waals surface area contributed by atoms with E-state index in [9.17, 15) is 9.90 Å². The third-order valence-electron chi connectivity index (χ3n) is 6.19. The fraction of sp³-hybridized carbons (Fsp3) is 0.542. The van der Waals surface area contributed by atoms with E-state index in [2.05, 4.69) is 39.9 Å². The van der Waals surface area contributed by atoms with Gasteiger partial charge in [-0.3, -0.25) is 4.79 Å². The van der Waals surface area contributed by atoms with Crippen LogP contribution in [-0.4, -0.2) is 49.0 Å². The second kappa shape index (κ2) is 9.43. The minimum Gasteiger partial charge on any atom is -0.491 e. The number of rotatable bonds is 8. The lowest BCUT2D eigenvalue weighted by Crippen LogP contribution is -2.45.